The Labute approximate surface area is 150 Å². The van der Waals surface area contributed by atoms with Crippen molar-refractivity contribution in [3.8, 4) is 5.75 Å². The molecule has 4 nitrogen and oxygen atoms in total. The normalized spacial score (nSPS) is 10.3. The second-order valence-corrected chi connectivity index (χ2v) is 6.34. The number of carbonyl (C=O) groups excluding carboxylic acids is 1. The Morgan fingerprint density at radius 1 is 1.13 bits per heavy atom. The standard InChI is InChI=1S/C16H14Br2FNO3/c1-22-12-5-3-10(4-6-12)9-20(16(21)23-2)11-7-13(17)15(19)14(18)8-11/h3-8H,9H2,1-2H3. The van der Waals surface area contributed by atoms with Crippen molar-refractivity contribution in [2.45, 2.75) is 6.54 Å². The maximum Gasteiger partial charge on any atom is 0.414 e. The highest BCUT2D eigenvalue weighted by atomic mass is 79.9. The fourth-order valence-corrected chi connectivity index (χ4v) is 3.15. The molecular weight excluding hydrogens is 433 g/mol. The lowest BCUT2D eigenvalue weighted by Gasteiger charge is -2.22. The van der Waals surface area contributed by atoms with Gasteiger partial charge >= 0.3 is 6.09 Å². The van der Waals surface area contributed by atoms with Crippen LogP contribution in [0.5, 0.6) is 5.75 Å². The molecule has 0 fully saturated rings. The second-order valence-electron chi connectivity index (χ2n) is 4.63. The van der Waals surface area contributed by atoms with Crippen LogP contribution in [0.3, 0.4) is 0 Å². The molecule has 0 aromatic heterocycles. The van der Waals surface area contributed by atoms with E-state index >= 15 is 0 Å². The Balaban J connectivity index is 2.35. The van der Waals surface area contributed by atoms with E-state index in [1.807, 2.05) is 12.1 Å². The van der Waals surface area contributed by atoms with Gasteiger partial charge in [-0.3, -0.25) is 4.90 Å². The molecule has 2 aromatic rings. The highest BCUT2D eigenvalue weighted by Gasteiger charge is 2.19. The van der Waals surface area contributed by atoms with Gasteiger partial charge in [0.15, 0.2) is 5.82 Å². The minimum absolute atomic E-state index is 0.255. The summed E-state index contributed by atoms with van der Waals surface area (Å²) in [5.74, 6) is 0.300. The molecule has 0 saturated heterocycles. The lowest BCUT2D eigenvalue weighted by atomic mass is 10.2. The minimum atomic E-state index is -0.536. The lowest BCUT2D eigenvalue weighted by Crippen LogP contribution is -2.30. The van der Waals surface area contributed by atoms with Gasteiger partial charge in [0, 0.05) is 5.69 Å². The van der Waals surface area contributed by atoms with Gasteiger partial charge in [0.25, 0.3) is 0 Å². The van der Waals surface area contributed by atoms with Crippen molar-refractivity contribution in [1.29, 1.82) is 0 Å². The number of hydrogen-bond acceptors (Lipinski definition) is 3. The van der Waals surface area contributed by atoms with Gasteiger partial charge in [-0.15, -0.1) is 0 Å². The topological polar surface area (TPSA) is 38.8 Å². The number of carbonyl (C=O) groups is 1. The smallest absolute Gasteiger partial charge is 0.414 e. The van der Waals surface area contributed by atoms with Crippen molar-refractivity contribution in [2.75, 3.05) is 19.1 Å². The molecule has 1 amide bonds. The molecule has 0 heterocycles. The number of hydrogen-bond donors (Lipinski definition) is 0. The number of methoxy groups -OCH3 is 2. The predicted molar refractivity (Wildman–Crippen MR) is 93.4 cm³/mol. The van der Waals surface area contributed by atoms with Crippen molar-refractivity contribution in [3.63, 3.8) is 0 Å². The number of anilines is 1. The molecule has 7 heteroatoms. The third-order valence-corrected chi connectivity index (χ3v) is 4.33. The van der Waals surface area contributed by atoms with Crippen molar-refractivity contribution in [1.82, 2.24) is 0 Å². The van der Waals surface area contributed by atoms with Gasteiger partial charge in [0.2, 0.25) is 0 Å². The summed E-state index contributed by atoms with van der Waals surface area (Å²) in [7, 11) is 2.89. The van der Waals surface area contributed by atoms with Gasteiger partial charge in [0.05, 0.1) is 29.7 Å². The highest BCUT2D eigenvalue weighted by Crippen LogP contribution is 2.31. The van der Waals surface area contributed by atoms with Crippen molar-refractivity contribution >= 4 is 43.6 Å². The highest BCUT2D eigenvalue weighted by molar-refractivity contribution is 9.11. The molecule has 0 bridgehead atoms. The van der Waals surface area contributed by atoms with E-state index in [0.29, 0.717) is 5.69 Å². The van der Waals surface area contributed by atoms with Crippen LogP contribution in [-0.4, -0.2) is 20.3 Å². The molecule has 2 aromatic carbocycles. The lowest BCUT2D eigenvalue weighted by molar-refractivity contribution is 0.178. The molecular formula is C16H14Br2FNO3. The number of benzene rings is 2. The number of rotatable bonds is 4. The Morgan fingerprint density at radius 2 is 1.70 bits per heavy atom. The van der Waals surface area contributed by atoms with E-state index in [2.05, 4.69) is 31.9 Å². The Morgan fingerprint density at radius 3 is 2.17 bits per heavy atom. The van der Waals surface area contributed by atoms with Crippen molar-refractivity contribution in [2.24, 2.45) is 0 Å². The summed E-state index contributed by atoms with van der Waals surface area (Å²) in [5.41, 5.74) is 1.39. The van der Waals surface area contributed by atoms with Crippen LogP contribution in [0.1, 0.15) is 5.56 Å². The zero-order chi connectivity index (χ0) is 17.0. The van der Waals surface area contributed by atoms with Gasteiger partial charge in [-0.2, -0.15) is 0 Å². The largest absolute Gasteiger partial charge is 0.497 e. The van der Waals surface area contributed by atoms with Crippen LogP contribution in [0.4, 0.5) is 14.9 Å². The van der Waals surface area contributed by atoms with Crippen molar-refractivity contribution < 1.29 is 18.7 Å². The van der Waals surface area contributed by atoms with Gasteiger partial charge in [-0.1, -0.05) is 12.1 Å². The first-order chi connectivity index (χ1) is 11.0. The zero-order valence-corrected chi connectivity index (χ0v) is 15.6. The van der Waals surface area contributed by atoms with Crippen LogP contribution in [0, 0.1) is 5.82 Å². The fraction of sp³-hybridized carbons (Fsp3) is 0.188. The van der Waals surface area contributed by atoms with Crippen LogP contribution < -0.4 is 9.64 Å². The first-order valence-electron chi connectivity index (χ1n) is 6.59. The zero-order valence-electron chi connectivity index (χ0n) is 12.5. The van der Waals surface area contributed by atoms with Gasteiger partial charge in [-0.05, 0) is 61.7 Å². The fourth-order valence-electron chi connectivity index (χ4n) is 1.98. The van der Waals surface area contributed by atoms with Crippen LogP contribution in [0.25, 0.3) is 0 Å². The van der Waals surface area contributed by atoms with E-state index < -0.39 is 11.9 Å². The second kappa shape index (κ2) is 7.79. The molecule has 0 saturated carbocycles. The van der Waals surface area contributed by atoms with Crippen molar-refractivity contribution in [3.05, 3.63) is 56.7 Å². The van der Waals surface area contributed by atoms with Gasteiger partial charge < -0.3 is 9.47 Å². The molecule has 0 aliphatic rings. The Bertz CT molecular complexity index is 684. The quantitative estimate of drug-likeness (QED) is 0.611. The number of nitrogens with zero attached hydrogens (tertiary/aromatic N) is 1. The van der Waals surface area contributed by atoms with Gasteiger partial charge in [0.1, 0.15) is 5.75 Å². The molecule has 0 spiro atoms. The molecule has 0 atom stereocenters. The van der Waals surface area contributed by atoms with E-state index in [9.17, 15) is 9.18 Å². The van der Waals surface area contributed by atoms with Crippen LogP contribution in [-0.2, 0) is 11.3 Å². The SMILES string of the molecule is COC(=O)N(Cc1ccc(OC)cc1)c1cc(Br)c(F)c(Br)c1. The molecule has 0 N–H and O–H groups in total. The summed E-state index contributed by atoms with van der Waals surface area (Å²) in [4.78, 5) is 13.5. The predicted octanol–water partition coefficient (Wildman–Crippen LogP) is 5.13. The Hall–Kier alpha value is -1.60. The van der Waals surface area contributed by atoms with E-state index in [-0.39, 0.29) is 15.5 Å². The molecule has 2 rings (SSSR count). The van der Waals surface area contributed by atoms with E-state index in [1.165, 1.54) is 24.1 Å². The Kier molecular flexibility index (Phi) is 6.01. The summed E-state index contributed by atoms with van der Waals surface area (Å²) in [6.07, 6.45) is -0.536. The summed E-state index contributed by atoms with van der Waals surface area (Å²) in [5, 5.41) is 0. The summed E-state index contributed by atoms with van der Waals surface area (Å²) in [6, 6.07) is 10.4. The third-order valence-electron chi connectivity index (χ3n) is 3.18. The maximum absolute atomic E-state index is 13.7. The number of amides is 1. The van der Waals surface area contributed by atoms with E-state index in [4.69, 9.17) is 9.47 Å². The first kappa shape index (κ1) is 17.7. The monoisotopic (exact) mass is 445 g/mol. The average Bonchev–Trinajstić information content (AvgIpc) is 2.57. The van der Waals surface area contributed by atoms with E-state index in [1.54, 1.807) is 19.2 Å². The molecule has 0 aliphatic heterocycles. The first-order valence-corrected chi connectivity index (χ1v) is 8.17. The summed E-state index contributed by atoms with van der Waals surface area (Å²) >= 11 is 6.28. The maximum atomic E-state index is 13.7. The average molecular weight is 447 g/mol. The molecule has 0 unspecified atom stereocenters. The van der Waals surface area contributed by atoms with Crippen LogP contribution in [0.15, 0.2) is 45.3 Å². The van der Waals surface area contributed by atoms with Crippen LogP contribution >= 0.6 is 31.9 Å². The number of ether oxygens (including phenoxy) is 2. The third kappa shape index (κ3) is 4.23. The summed E-state index contributed by atoms with van der Waals surface area (Å²) in [6.45, 7) is 0.279. The molecule has 23 heavy (non-hydrogen) atoms. The number of halogens is 3. The summed E-state index contributed by atoms with van der Waals surface area (Å²) < 4.78 is 24.2. The molecule has 0 aliphatic carbocycles. The molecule has 122 valence electrons. The molecule has 0 radical (unpaired) electrons. The minimum Gasteiger partial charge on any atom is -0.497 e. The van der Waals surface area contributed by atoms with E-state index in [0.717, 1.165) is 11.3 Å². The van der Waals surface area contributed by atoms with Gasteiger partial charge in [-0.25, -0.2) is 9.18 Å². The van der Waals surface area contributed by atoms with Crippen LogP contribution in [0.2, 0.25) is 0 Å².